The zero-order chi connectivity index (χ0) is 41.5. The van der Waals surface area contributed by atoms with Crippen LogP contribution in [0.2, 0.25) is 0 Å². The van der Waals surface area contributed by atoms with E-state index in [1.54, 1.807) is 0 Å². The first-order chi connectivity index (χ1) is 28.0. The minimum Gasteiger partial charge on any atom is -0.462 e. The molecule has 6 heteroatoms. The third-order valence-electron chi connectivity index (χ3n) is 11.6. The van der Waals surface area contributed by atoms with E-state index >= 15 is 0 Å². The highest BCUT2D eigenvalue weighted by molar-refractivity contribution is 5.71. The monoisotopic (exact) mass is 807 g/mol. The molecule has 0 radical (unpaired) electrons. The molecule has 0 saturated carbocycles. The second-order valence-electron chi connectivity index (χ2n) is 17.5. The molecule has 338 valence electrons. The second kappa shape index (κ2) is 47.1. The summed E-state index contributed by atoms with van der Waals surface area (Å²) in [4.78, 5) is 37.8. The van der Waals surface area contributed by atoms with Gasteiger partial charge in [0.25, 0.3) is 0 Å². The van der Waals surface area contributed by atoms with Crippen LogP contribution < -0.4 is 0 Å². The molecule has 0 saturated heterocycles. The molecule has 0 aromatic rings. The van der Waals surface area contributed by atoms with Crippen molar-refractivity contribution < 1.29 is 28.6 Å². The zero-order valence-corrected chi connectivity index (χ0v) is 38.6. The fraction of sp³-hybridized carbons (Fsp3) is 0.941. The maximum absolute atomic E-state index is 12.8. The Morgan fingerprint density at radius 3 is 0.702 bits per heavy atom. The molecule has 0 aliphatic rings. The number of hydrogen-bond donors (Lipinski definition) is 0. The smallest absolute Gasteiger partial charge is 0.306 e. The van der Waals surface area contributed by atoms with Gasteiger partial charge in [-0.05, 0) is 19.3 Å². The summed E-state index contributed by atoms with van der Waals surface area (Å²) >= 11 is 0. The predicted octanol–water partition coefficient (Wildman–Crippen LogP) is 16.4. The average molecular weight is 807 g/mol. The minimum absolute atomic E-state index is 0.0620. The Kier molecular flexibility index (Phi) is 45.8. The maximum atomic E-state index is 12.8. The van der Waals surface area contributed by atoms with E-state index in [4.69, 9.17) is 14.2 Å². The van der Waals surface area contributed by atoms with Gasteiger partial charge in [-0.3, -0.25) is 14.4 Å². The van der Waals surface area contributed by atoms with E-state index in [0.29, 0.717) is 19.3 Å². The van der Waals surface area contributed by atoms with E-state index in [-0.39, 0.29) is 31.1 Å². The van der Waals surface area contributed by atoms with Crippen LogP contribution in [0, 0.1) is 0 Å². The predicted molar refractivity (Wildman–Crippen MR) is 243 cm³/mol. The summed E-state index contributed by atoms with van der Waals surface area (Å²) in [5, 5.41) is 0. The van der Waals surface area contributed by atoms with Gasteiger partial charge in [0.2, 0.25) is 0 Å². The molecule has 0 aromatic heterocycles. The van der Waals surface area contributed by atoms with Gasteiger partial charge in [0.05, 0.1) is 0 Å². The zero-order valence-electron chi connectivity index (χ0n) is 38.6. The lowest BCUT2D eigenvalue weighted by Crippen LogP contribution is -2.30. The van der Waals surface area contributed by atoms with Gasteiger partial charge in [-0.25, -0.2) is 0 Å². The highest BCUT2D eigenvalue weighted by Gasteiger charge is 2.19. The molecule has 57 heavy (non-hydrogen) atoms. The molecule has 0 bridgehead atoms. The van der Waals surface area contributed by atoms with Gasteiger partial charge in [-0.2, -0.15) is 0 Å². The van der Waals surface area contributed by atoms with Crippen molar-refractivity contribution in [3.63, 3.8) is 0 Å². The van der Waals surface area contributed by atoms with Crippen molar-refractivity contribution in [2.45, 2.75) is 297 Å². The van der Waals surface area contributed by atoms with Crippen molar-refractivity contribution in [1.29, 1.82) is 0 Å². The fourth-order valence-corrected chi connectivity index (χ4v) is 7.74. The summed E-state index contributed by atoms with van der Waals surface area (Å²) in [5.74, 6) is -0.844. The molecular weight excluding hydrogens is 709 g/mol. The lowest BCUT2D eigenvalue weighted by Gasteiger charge is -2.18. The van der Waals surface area contributed by atoms with Gasteiger partial charge < -0.3 is 14.2 Å². The van der Waals surface area contributed by atoms with Crippen LogP contribution >= 0.6 is 0 Å². The van der Waals surface area contributed by atoms with Crippen LogP contribution in [0.5, 0.6) is 0 Å². The molecule has 0 aliphatic carbocycles. The Hall–Kier alpha value is -1.59. The van der Waals surface area contributed by atoms with Crippen LogP contribution in [0.1, 0.15) is 290 Å². The second-order valence-corrected chi connectivity index (χ2v) is 17.5. The van der Waals surface area contributed by atoms with Gasteiger partial charge in [-0.1, -0.05) is 252 Å². The van der Waals surface area contributed by atoms with E-state index in [1.807, 2.05) is 0 Å². The molecule has 0 rings (SSSR count). The highest BCUT2D eigenvalue weighted by atomic mass is 16.6. The largest absolute Gasteiger partial charge is 0.462 e. The van der Waals surface area contributed by atoms with Crippen LogP contribution in [0.3, 0.4) is 0 Å². The topological polar surface area (TPSA) is 78.9 Å². The first-order valence-corrected chi connectivity index (χ1v) is 25.5. The molecule has 0 aromatic carbocycles. The SMILES string of the molecule is CCCCCCCCCCCCCCCCCCC(=O)O[C@H](COC(=O)CCCCCCCCCCCC)COC(=O)CCCCCCCCCCCCCCC. The molecule has 6 nitrogen and oxygen atoms in total. The van der Waals surface area contributed by atoms with Crippen LogP contribution in [-0.4, -0.2) is 37.2 Å². The van der Waals surface area contributed by atoms with Gasteiger partial charge in [0.15, 0.2) is 6.10 Å². The summed E-state index contributed by atoms with van der Waals surface area (Å²) in [6, 6.07) is 0. The quantitative estimate of drug-likeness (QED) is 0.0346. The summed E-state index contributed by atoms with van der Waals surface area (Å²) in [7, 11) is 0. The summed E-state index contributed by atoms with van der Waals surface area (Å²) in [5.41, 5.74) is 0. The molecule has 0 heterocycles. The molecule has 1 atom stereocenters. The Labute approximate surface area is 355 Å². The van der Waals surface area contributed by atoms with Crippen molar-refractivity contribution >= 4 is 17.9 Å². The van der Waals surface area contributed by atoms with E-state index in [1.165, 1.54) is 193 Å². The number of esters is 3. The maximum Gasteiger partial charge on any atom is 0.306 e. The first kappa shape index (κ1) is 55.4. The molecule has 0 amide bonds. The van der Waals surface area contributed by atoms with E-state index in [2.05, 4.69) is 20.8 Å². The Balaban J connectivity index is 4.28. The van der Waals surface area contributed by atoms with Crippen molar-refractivity contribution in [3.05, 3.63) is 0 Å². The van der Waals surface area contributed by atoms with Crippen LogP contribution in [0.15, 0.2) is 0 Å². The molecule has 0 N–H and O–H groups in total. The fourth-order valence-electron chi connectivity index (χ4n) is 7.74. The Bertz CT molecular complexity index is 844. The van der Waals surface area contributed by atoms with Crippen molar-refractivity contribution in [2.24, 2.45) is 0 Å². The summed E-state index contributed by atoms with van der Waals surface area (Å²) in [6.07, 6.45) is 49.4. The lowest BCUT2D eigenvalue weighted by atomic mass is 10.0. The van der Waals surface area contributed by atoms with Crippen molar-refractivity contribution in [1.82, 2.24) is 0 Å². The first-order valence-electron chi connectivity index (χ1n) is 25.5. The van der Waals surface area contributed by atoms with E-state index in [0.717, 1.165) is 57.8 Å². The third kappa shape index (κ3) is 45.3. The number of rotatable bonds is 47. The number of unbranched alkanes of at least 4 members (excludes halogenated alkanes) is 36. The number of ether oxygens (including phenoxy) is 3. The van der Waals surface area contributed by atoms with Crippen molar-refractivity contribution in [3.8, 4) is 0 Å². The molecule has 0 fully saturated rings. The molecule has 0 unspecified atom stereocenters. The Morgan fingerprint density at radius 1 is 0.281 bits per heavy atom. The third-order valence-corrected chi connectivity index (χ3v) is 11.6. The molecule has 0 spiro atoms. The molecule has 0 aliphatic heterocycles. The number of carbonyl (C=O) groups is 3. The minimum atomic E-state index is -0.759. The Morgan fingerprint density at radius 2 is 0.474 bits per heavy atom. The van der Waals surface area contributed by atoms with Crippen LogP contribution in [0.4, 0.5) is 0 Å². The highest BCUT2D eigenvalue weighted by Crippen LogP contribution is 2.17. The summed E-state index contributed by atoms with van der Waals surface area (Å²) in [6.45, 7) is 6.67. The van der Waals surface area contributed by atoms with Crippen molar-refractivity contribution in [2.75, 3.05) is 13.2 Å². The average Bonchev–Trinajstić information content (AvgIpc) is 3.21. The molecular formula is C51H98O6. The van der Waals surface area contributed by atoms with Crippen LogP contribution in [0.25, 0.3) is 0 Å². The van der Waals surface area contributed by atoms with Gasteiger partial charge in [0, 0.05) is 19.3 Å². The van der Waals surface area contributed by atoms with Gasteiger partial charge >= 0.3 is 17.9 Å². The summed E-state index contributed by atoms with van der Waals surface area (Å²) < 4.78 is 16.8. The van der Waals surface area contributed by atoms with Gasteiger partial charge in [-0.15, -0.1) is 0 Å². The van der Waals surface area contributed by atoms with E-state index in [9.17, 15) is 14.4 Å². The normalized spacial score (nSPS) is 11.8. The number of hydrogen-bond acceptors (Lipinski definition) is 6. The number of carbonyl (C=O) groups excluding carboxylic acids is 3. The van der Waals surface area contributed by atoms with Gasteiger partial charge in [0.1, 0.15) is 13.2 Å². The standard InChI is InChI=1S/C51H98O6/c1-4-7-10-13-16-19-22-24-25-26-28-30-33-36-39-42-45-51(54)57-48(46-55-49(52)43-40-37-34-31-21-18-15-12-9-6-3)47-56-50(53)44-41-38-35-32-29-27-23-20-17-14-11-8-5-2/h48H,4-47H2,1-3H3/t48-/m1/s1. The van der Waals surface area contributed by atoms with E-state index < -0.39 is 6.10 Å². The van der Waals surface area contributed by atoms with Crippen LogP contribution in [-0.2, 0) is 28.6 Å². The lowest BCUT2D eigenvalue weighted by molar-refractivity contribution is -0.167.